The van der Waals surface area contributed by atoms with E-state index in [0.717, 1.165) is 42.8 Å². The molecule has 0 aliphatic carbocycles. The molecule has 2 heterocycles. The Balaban J connectivity index is 0.00000261. The summed E-state index contributed by atoms with van der Waals surface area (Å²) in [7, 11) is 0. The quantitative estimate of drug-likeness (QED) is 0.234. The van der Waals surface area contributed by atoms with E-state index >= 15 is 0 Å². The van der Waals surface area contributed by atoms with Crippen molar-refractivity contribution < 1.29 is 0 Å². The molecule has 6 nitrogen and oxygen atoms in total. The summed E-state index contributed by atoms with van der Waals surface area (Å²) in [4.78, 5) is 4.48. The zero-order valence-corrected chi connectivity index (χ0v) is 18.2. The summed E-state index contributed by atoms with van der Waals surface area (Å²) in [6.45, 7) is 4.95. The molecule has 0 aliphatic rings. The molecule has 0 atom stereocenters. The number of anilines is 1. The number of aromatic nitrogens is 3. The molecule has 2 aromatic heterocycles. The molecule has 1 aromatic carbocycles. The summed E-state index contributed by atoms with van der Waals surface area (Å²) >= 11 is 0. The van der Waals surface area contributed by atoms with Crippen molar-refractivity contribution >= 4 is 41.3 Å². The number of pyridine rings is 1. The lowest BCUT2D eigenvalue weighted by molar-refractivity contribution is 0.770. The van der Waals surface area contributed by atoms with E-state index in [9.17, 15) is 0 Å². The van der Waals surface area contributed by atoms with Crippen LogP contribution in [0, 0.1) is 0 Å². The monoisotopic (exact) mass is 478 g/mol. The van der Waals surface area contributed by atoms with Gasteiger partial charge in [0.05, 0.1) is 0 Å². The zero-order chi connectivity index (χ0) is 18.4. The lowest BCUT2D eigenvalue weighted by atomic mass is 10.0. The van der Waals surface area contributed by atoms with E-state index in [0.29, 0.717) is 12.5 Å². The molecule has 0 amide bonds. The third kappa shape index (κ3) is 5.18. The van der Waals surface area contributed by atoms with Crippen molar-refractivity contribution in [2.24, 2.45) is 10.7 Å². The van der Waals surface area contributed by atoms with E-state index < -0.39 is 0 Å². The number of nitrogens with one attached hydrogen (secondary N) is 1. The van der Waals surface area contributed by atoms with Crippen LogP contribution in [-0.2, 0) is 19.3 Å². The number of hydrogen-bond acceptors (Lipinski definition) is 3. The van der Waals surface area contributed by atoms with Crippen LogP contribution >= 0.6 is 24.0 Å². The van der Waals surface area contributed by atoms with E-state index in [1.54, 1.807) is 0 Å². The van der Waals surface area contributed by atoms with E-state index in [4.69, 9.17) is 5.73 Å². The number of guanidine groups is 1. The smallest absolute Gasteiger partial charge is 0.193 e. The van der Waals surface area contributed by atoms with Crippen molar-refractivity contribution in [1.29, 1.82) is 0 Å². The molecular formula is C20H27IN6. The highest BCUT2D eigenvalue weighted by molar-refractivity contribution is 14.0. The predicted molar refractivity (Wildman–Crippen MR) is 122 cm³/mol. The van der Waals surface area contributed by atoms with Gasteiger partial charge in [-0.05, 0) is 42.5 Å². The van der Waals surface area contributed by atoms with Crippen molar-refractivity contribution in [1.82, 2.24) is 14.6 Å². The first-order chi connectivity index (χ1) is 12.7. The predicted octanol–water partition coefficient (Wildman–Crippen LogP) is 3.83. The minimum Gasteiger partial charge on any atom is -0.370 e. The summed E-state index contributed by atoms with van der Waals surface area (Å²) < 4.78 is 2.01. The van der Waals surface area contributed by atoms with Gasteiger partial charge in [-0.3, -0.25) is 9.39 Å². The van der Waals surface area contributed by atoms with Gasteiger partial charge in [0.15, 0.2) is 11.6 Å². The van der Waals surface area contributed by atoms with Crippen LogP contribution in [0.15, 0.2) is 47.6 Å². The first kappa shape index (κ1) is 21.1. The third-order valence-electron chi connectivity index (χ3n) is 4.48. The fraction of sp³-hybridized carbons (Fsp3) is 0.350. The maximum atomic E-state index is 6.11. The molecule has 0 fully saturated rings. The minimum absolute atomic E-state index is 0. The average Bonchev–Trinajstić information content (AvgIpc) is 3.08. The summed E-state index contributed by atoms with van der Waals surface area (Å²) in [6, 6.07) is 12.3. The molecule has 0 aliphatic heterocycles. The van der Waals surface area contributed by atoms with Crippen molar-refractivity contribution in [3.8, 4) is 0 Å². The summed E-state index contributed by atoms with van der Waals surface area (Å²) in [6.07, 6.45) is 5.59. The molecule has 3 rings (SSSR count). The maximum absolute atomic E-state index is 6.11. The second-order valence-corrected chi connectivity index (χ2v) is 6.20. The molecule has 7 heteroatoms. The van der Waals surface area contributed by atoms with Crippen molar-refractivity contribution in [2.75, 3.05) is 11.9 Å². The van der Waals surface area contributed by atoms with Crippen LogP contribution in [0.1, 0.15) is 37.2 Å². The lowest BCUT2D eigenvalue weighted by Gasteiger charge is -2.14. The number of nitrogens with zero attached hydrogens (tertiary/aromatic N) is 4. The SMILES string of the molecule is CCc1cccc(CC)c1NC(N)=NCCCc1nnc2ccccn12.I. The highest BCUT2D eigenvalue weighted by atomic mass is 127. The highest BCUT2D eigenvalue weighted by Crippen LogP contribution is 2.22. The second-order valence-electron chi connectivity index (χ2n) is 6.20. The molecule has 3 aromatic rings. The summed E-state index contributed by atoms with van der Waals surface area (Å²) in [5, 5.41) is 11.7. The summed E-state index contributed by atoms with van der Waals surface area (Å²) in [5.41, 5.74) is 10.6. The van der Waals surface area contributed by atoms with Crippen molar-refractivity contribution in [3.05, 3.63) is 59.5 Å². The first-order valence-corrected chi connectivity index (χ1v) is 9.19. The van der Waals surface area contributed by atoms with Gasteiger partial charge < -0.3 is 11.1 Å². The van der Waals surface area contributed by atoms with Gasteiger partial charge in [-0.1, -0.05) is 38.1 Å². The van der Waals surface area contributed by atoms with Crippen molar-refractivity contribution in [3.63, 3.8) is 0 Å². The molecule has 144 valence electrons. The van der Waals surface area contributed by atoms with Gasteiger partial charge in [0, 0.05) is 24.8 Å². The standard InChI is InChI=1S/C20H26N6.HI/c1-3-15-9-7-10-16(4-2)19(15)23-20(21)22-13-8-12-18-25-24-17-11-5-6-14-26(17)18;/h5-7,9-11,14H,3-4,8,12-13H2,1-2H3,(H3,21,22,23);1H. The molecular weight excluding hydrogens is 451 g/mol. The number of fused-ring (bicyclic) bond motifs is 1. The van der Waals surface area contributed by atoms with Gasteiger partial charge in [0.25, 0.3) is 0 Å². The van der Waals surface area contributed by atoms with Crippen LogP contribution in [0.4, 0.5) is 5.69 Å². The molecule has 0 saturated heterocycles. The number of halogens is 1. The lowest BCUT2D eigenvalue weighted by Crippen LogP contribution is -2.24. The number of para-hydroxylation sites is 1. The van der Waals surface area contributed by atoms with E-state index in [2.05, 4.69) is 52.6 Å². The van der Waals surface area contributed by atoms with Crippen LogP contribution in [-0.4, -0.2) is 27.1 Å². The van der Waals surface area contributed by atoms with Gasteiger partial charge in [-0.25, -0.2) is 0 Å². The molecule has 0 unspecified atom stereocenters. The van der Waals surface area contributed by atoms with Crippen LogP contribution in [0.3, 0.4) is 0 Å². The van der Waals surface area contributed by atoms with E-state index in [-0.39, 0.29) is 24.0 Å². The highest BCUT2D eigenvalue weighted by Gasteiger charge is 2.07. The third-order valence-corrected chi connectivity index (χ3v) is 4.48. The van der Waals surface area contributed by atoms with Crippen LogP contribution in [0.5, 0.6) is 0 Å². The maximum Gasteiger partial charge on any atom is 0.193 e. The number of aliphatic imine (C=N–C) groups is 1. The Kier molecular flexibility index (Phi) is 8.02. The largest absolute Gasteiger partial charge is 0.370 e. The molecule has 0 radical (unpaired) electrons. The molecule has 27 heavy (non-hydrogen) atoms. The Labute approximate surface area is 177 Å². The van der Waals surface area contributed by atoms with Gasteiger partial charge in [-0.2, -0.15) is 0 Å². The van der Waals surface area contributed by atoms with Gasteiger partial charge >= 0.3 is 0 Å². The Morgan fingerprint density at radius 3 is 2.52 bits per heavy atom. The van der Waals surface area contributed by atoms with Crippen LogP contribution in [0.2, 0.25) is 0 Å². The number of hydrogen-bond donors (Lipinski definition) is 2. The molecule has 3 N–H and O–H groups in total. The number of benzene rings is 1. The normalized spacial score (nSPS) is 11.4. The van der Waals surface area contributed by atoms with Gasteiger partial charge in [0.2, 0.25) is 0 Å². The molecule has 0 bridgehead atoms. The first-order valence-electron chi connectivity index (χ1n) is 9.19. The van der Waals surface area contributed by atoms with Crippen LogP contribution in [0.25, 0.3) is 5.65 Å². The fourth-order valence-electron chi connectivity index (χ4n) is 3.07. The second kappa shape index (κ2) is 10.2. The Hall–Kier alpha value is -2.16. The van der Waals surface area contributed by atoms with Crippen LogP contribution < -0.4 is 11.1 Å². The Morgan fingerprint density at radius 2 is 1.81 bits per heavy atom. The van der Waals surface area contributed by atoms with Gasteiger partial charge in [0.1, 0.15) is 5.82 Å². The zero-order valence-electron chi connectivity index (χ0n) is 15.9. The number of nitrogens with two attached hydrogens (primary N) is 1. The molecule has 0 saturated carbocycles. The topological polar surface area (TPSA) is 80.6 Å². The average molecular weight is 478 g/mol. The Morgan fingerprint density at radius 1 is 1.07 bits per heavy atom. The Bertz CT molecular complexity index is 880. The van der Waals surface area contributed by atoms with E-state index in [1.807, 2.05) is 28.8 Å². The van der Waals surface area contributed by atoms with E-state index in [1.165, 1.54) is 11.1 Å². The molecule has 0 spiro atoms. The van der Waals surface area contributed by atoms with Crippen molar-refractivity contribution in [2.45, 2.75) is 39.5 Å². The number of rotatable bonds is 7. The fourth-order valence-corrected chi connectivity index (χ4v) is 3.07. The summed E-state index contributed by atoms with van der Waals surface area (Å²) in [5.74, 6) is 1.42. The minimum atomic E-state index is 0. The number of aryl methyl sites for hydroxylation is 3. The van der Waals surface area contributed by atoms with Gasteiger partial charge in [-0.15, -0.1) is 34.2 Å².